The molecule has 0 aliphatic rings. The van der Waals surface area contributed by atoms with Gasteiger partial charge in [0.25, 0.3) is 11.6 Å². The second kappa shape index (κ2) is 8.77. The molecular formula is C25H20N2O5. The van der Waals surface area contributed by atoms with E-state index in [1.165, 1.54) is 19.2 Å². The Morgan fingerprint density at radius 3 is 2.47 bits per heavy atom. The van der Waals surface area contributed by atoms with E-state index in [1.54, 1.807) is 48.5 Å². The standard InChI is InChI=1S/C25H20N2O5/c1-32-20-12-9-17(10-13-20)25(29)26-24(18-6-4-7-19(15-18)27(30)31)23-21-8-3-2-5-16(21)11-14-22(23)28/h2-15,24,28H,1H3,(H,26,29). The Morgan fingerprint density at radius 1 is 1.00 bits per heavy atom. The highest BCUT2D eigenvalue weighted by atomic mass is 16.6. The van der Waals surface area contributed by atoms with Gasteiger partial charge >= 0.3 is 0 Å². The Labute approximate surface area is 184 Å². The Bertz CT molecular complexity index is 1300. The zero-order chi connectivity index (χ0) is 22.7. The first-order valence-electron chi connectivity index (χ1n) is 9.88. The van der Waals surface area contributed by atoms with Crippen molar-refractivity contribution in [2.45, 2.75) is 6.04 Å². The predicted octanol–water partition coefficient (Wildman–Crippen LogP) is 4.98. The summed E-state index contributed by atoms with van der Waals surface area (Å²) < 4.78 is 5.14. The molecule has 4 aromatic carbocycles. The highest BCUT2D eigenvalue weighted by molar-refractivity contribution is 5.96. The van der Waals surface area contributed by atoms with Gasteiger partial charge in [-0.25, -0.2) is 0 Å². The molecule has 2 N–H and O–H groups in total. The van der Waals surface area contributed by atoms with Crippen LogP contribution in [-0.4, -0.2) is 23.0 Å². The number of nitro groups is 1. The average molecular weight is 428 g/mol. The summed E-state index contributed by atoms with van der Waals surface area (Å²) in [4.78, 5) is 24.0. The quantitative estimate of drug-likeness (QED) is 0.333. The normalized spacial score (nSPS) is 11.7. The minimum Gasteiger partial charge on any atom is -0.508 e. The van der Waals surface area contributed by atoms with Crippen molar-refractivity contribution in [1.82, 2.24) is 5.32 Å². The van der Waals surface area contributed by atoms with Gasteiger partial charge in [-0.05, 0) is 46.7 Å². The maximum Gasteiger partial charge on any atom is 0.269 e. The number of hydrogen-bond acceptors (Lipinski definition) is 5. The van der Waals surface area contributed by atoms with Crippen LogP contribution in [0.5, 0.6) is 11.5 Å². The van der Waals surface area contributed by atoms with Crippen molar-refractivity contribution in [3.63, 3.8) is 0 Å². The minimum absolute atomic E-state index is 0.0183. The van der Waals surface area contributed by atoms with Crippen LogP contribution in [-0.2, 0) is 0 Å². The number of phenolic OH excluding ortho intramolecular Hbond substituents is 1. The largest absolute Gasteiger partial charge is 0.508 e. The van der Waals surface area contributed by atoms with E-state index in [2.05, 4.69) is 5.32 Å². The number of non-ortho nitro benzene ring substituents is 1. The first-order valence-corrected chi connectivity index (χ1v) is 9.88. The summed E-state index contributed by atoms with van der Waals surface area (Å²) in [5.41, 5.74) is 1.23. The van der Waals surface area contributed by atoms with E-state index < -0.39 is 16.9 Å². The minimum atomic E-state index is -0.824. The number of aromatic hydroxyl groups is 1. The summed E-state index contributed by atoms with van der Waals surface area (Å²) in [6.07, 6.45) is 0. The molecule has 32 heavy (non-hydrogen) atoms. The van der Waals surface area contributed by atoms with Crippen molar-refractivity contribution in [2.24, 2.45) is 0 Å². The van der Waals surface area contributed by atoms with Crippen molar-refractivity contribution in [2.75, 3.05) is 7.11 Å². The lowest BCUT2D eigenvalue weighted by Crippen LogP contribution is -2.29. The van der Waals surface area contributed by atoms with Crippen LogP contribution in [0.4, 0.5) is 5.69 Å². The summed E-state index contributed by atoms with van der Waals surface area (Å²) in [6, 6.07) is 22.6. The number of amides is 1. The SMILES string of the molecule is COc1ccc(C(=O)NC(c2cccc([N+](=O)[O-])c2)c2c(O)ccc3ccccc23)cc1. The van der Waals surface area contributed by atoms with Crippen molar-refractivity contribution in [3.05, 3.63) is 112 Å². The number of rotatable bonds is 6. The molecule has 7 heteroatoms. The van der Waals surface area contributed by atoms with Gasteiger partial charge in [-0.2, -0.15) is 0 Å². The van der Waals surface area contributed by atoms with Crippen LogP contribution in [0.15, 0.2) is 84.9 Å². The molecule has 0 fully saturated rings. The van der Waals surface area contributed by atoms with E-state index in [9.17, 15) is 20.0 Å². The molecule has 0 aliphatic heterocycles. The van der Waals surface area contributed by atoms with Crippen molar-refractivity contribution in [3.8, 4) is 11.5 Å². The number of phenols is 1. The third-order valence-corrected chi connectivity index (χ3v) is 5.28. The van der Waals surface area contributed by atoms with Crippen molar-refractivity contribution < 1.29 is 19.6 Å². The molecule has 7 nitrogen and oxygen atoms in total. The lowest BCUT2D eigenvalue weighted by molar-refractivity contribution is -0.384. The van der Waals surface area contributed by atoms with Gasteiger partial charge in [0, 0.05) is 23.3 Å². The summed E-state index contributed by atoms with van der Waals surface area (Å²) in [6.45, 7) is 0. The topological polar surface area (TPSA) is 102 Å². The lowest BCUT2D eigenvalue weighted by Gasteiger charge is -2.22. The molecule has 4 rings (SSSR count). The van der Waals surface area contributed by atoms with Gasteiger partial charge in [0.2, 0.25) is 0 Å². The molecule has 1 atom stereocenters. The molecule has 0 spiro atoms. The molecule has 0 saturated carbocycles. The third-order valence-electron chi connectivity index (χ3n) is 5.28. The molecule has 0 aliphatic carbocycles. The monoisotopic (exact) mass is 428 g/mol. The van der Waals surface area contributed by atoms with Crippen LogP contribution in [0.25, 0.3) is 10.8 Å². The van der Waals surface area contributed by atoms with Gasteiger partial charge in [0.1, 0.15) is 11.5 Å². The molecule has 1 amide bonds. The van der Waals surface area contributed by atoms with E-state index >= 15 is 0 Å². The molecule has 0 bridgehead atoms. The number of ether oxygens (including phenoxy) is 1. The summed E-state index contributed by atoms with van der Waals surface area (Å²) in [5.74, 6) is 0.204. The molecule has 0 heterocycles. The lowest BCUT2D eigenvalue weighted by atomic mass is 9.92. The molecular weight excluding hydrogens is 408 g/mol. The second-order valence-electron chi connectivity index (χ2n) is 7.21. The van der Waals surface area contributed by atoms with Gasteiger partial charge < -0.3 is 15.2 Å². The Kier molecular flexibility index (Phi) is 5.72. The number of benzene rings is 4. The van der Waals surface area contributed by atoms with Gasteiger partial charge in [-0.3, -0.25) is 14.9 Å². The molecule has 160 valence electrons. The number of nitrogens with one attached hydrogen (secondary N) is 1. The highest BCUT2D eigenvalue weighted by Crippen LogP contribution is 2.37. The van der Waals surface area contributed by atoms with E-state index in [0.29, 0.717) is 22.4 Å². The number of fused-ring (bicyclic) bond motifs is 1. The smallest absolute Gasteiger partial charge is 0.269 e. The zero-order valence-corrected chi connectivity index (χ0v) is 17.2. The first-order chi connectivity index (χ1) is 15.5. The average Bonchev–Trinajstić information content (AvgIpc) is 2.83. The molecule has 0 aromatic heterocycles. The second-order valence-corrected chi connectivity index (χ2v) is 7.21. The van der Waals surface area contributed by atoms with Gasteiger partial charge in [-0.15, -0.1) is 0 Å². The maximum atomic E-state index is 13.1. The van der Waals surface area contributed by atoms with Gasteiger partial charge in [-0.1, -0.05) is 42.5 Å². The van der Waals surface area contributed by atoms with E-state index in [4.69, 9.17) is 4.74 Å². The van der Waals surface area contributed by atoms with Crippen LogP contribution >= 0.6 is 0 Å². The number of nitro benzene ring substituents is 1. The van der Waals surface area contributed by atoms with E-state index in [1.807, 2.05) is 24.3 Å². The summed E-state index contributed by atoms with van der Waals surface area (Å²) in [5, 5.41) is 26.7. The molecule has 0 saturated heterocycles. The number of hydrogen-bond donors (Lipinski definition) is 2. The molecule has 4 aromatic rings. The highest BCUT2D eigenvalue weighted by Gasteiger charge is 2.24. The molecule has 1 unspecified atom stereocenters. The van der Waals surface area contributed by atoms with Crippen LogP contribution in [0, 0.1) is 10.1 Å². The van der Waals surface area contributed by atoms with Crippen LogP contribution in [0.3, 0.4) is 0 Å². The first kappa shape index (κ1) is 20.9. The van der Waals surface area contributed by atoms with Crippen molar-refractivity contribution in [1.29, 1.82) is 0 Å². The number of carbonyl (C=O) groups is 1. The molecule has 0 radical (unpaired) electrons. The zero-order valence-electron chi connectivity index (χ0n) is 17.2. The van der Waals surface area contributed by atoms with Crippen LogP contribution < -0.4 is 10.1 Å². The summed E-state index contributed by atoms with van der Waals surface area (Å²) >= 11 is 0. The van der Waals surface area contributed by atoms with Crippen molar-refractivity contribution >= 4 is 22.4 Å². The van der Waals surface area contributed by atoms with E-state index in [-0.39, 0.29) is 11.4 Å². The van der Waals surface area contributed by atoms with Gasteiger partial charge in [0.15, 0.2) is 0 Å². The van der Waals surface area contributed by atoms with Crippen LogP contribution in [0.1, 0.15) is 27.5 Å². The number of methoxy groups -OCH3 is 1. The third kappa shape index (κ3) is 4.09. The van der Waals surface area contributed by atoms with Gasteiger partial charge in [0.05, 0.1) is 18.1 Å². The summed E-state index contributed by atoms with van der Waals surface area (Å²) in [7, 11) is 1.54. The number of nitrogens with zero attached hydrogens (tertiary/aromatic N) is 1. The fourth-order valence-electron chi connectivity index (χ4n) is 3.68. The Hall–Kier alpha value is -4.39. The van der Waals surface area contributed by atoms with E-state index in [0.717, 1.165) is 10.8 Å². The Balaban J connectivity index is 1.84. The fourth-order valence-corrected chi connectivity index (χ4v) is 3.68. The predicted molar refractivity (Wildman–Crippen MR) is 121 cm³/mol. The van der Waals surface area contributed by atoms with Crippen LogP contribution in [0.2, 0.25) is 0 Å². The fraction of sp³-hybridized carbons (Fsp3) is 0.0800. The maximum absolute atomic E-state index is 13.1. The Morgan fingerprint density at radius 2 is 1.75 bits per heavy atom. The number of carbonyl (C=O) groups excluding carboxylic acids is 1.